The zero-order chi connectivity index (χ0) is 21.0. The van der Waals surface area contributed by atoms with E-state index in [0.717, 1.165) is 23.4 Å². The Morgan fingerprint density at radius 2 is 1.59 bits per heavy atom. The minimum absolute atomic E-state index is 0.0671. The van der Waals surface area contributed by atoms with E-state index in [1.165, 1.54) is 11.6 Å². The Morgan fingerprint density at radius 1 is 0.931 bits per heavy atom. The molecule has 0 saturated carbocycles. The van der Waals surface area contributed by atoms with Gasteiger partial charge in [-0.3, -0.25) is 4.79 Å². The quantitative estimate of drug-likeness (QED) is 0.567. The van der Waals surface area contributed by atoms with Crippen LogP contribution in [0.4, 0.5) is 14.5 Å². The largest absolute Gasteiger partial charge is 0.489 e. The molecule has 29 heavy (non-hydrogen) atoms. The minimum atomic E-state index is -0.819. The number of ether oxygens (including phenoxy) is 1. The summed E-state index contributed by atoms with van der Waals surface area (Å²) in [6, 6.07) is 17.8. The number of amides is 1. The molecule has 3 aromatic carbocycles. The van der Waals surface area contributed by atoms with E-state index in [1.54, 1.807) is 24.3 Å². The van der Waals surface area contributed by atoms with E-state index in [9.17, 15) is 13.6 Å². The highest BCUT2D eigenvalue weighted by molar-refractivity contribution is 6.04. The second kappa shape index (κ2) is 8.43. The van der Waals surface area contributed by atoms with Gasteiger partial charge in [-0.1, -0.05) is 45.0 Å². The predicted molar refractivity (Wildman–Crippen MR) is 110 cm³/mol. The van der Waals surface area contributed by atoms with Crippen molar-refractivity contribution in [1.82, 2.24) is 0 Å². The zero-order valence-electron chi connectivity index (χ0n) is 16.6. The Bertz CT molecular complexity index is 991. The maximum absolute atomic E-state index is 13.7. The first kappa shape index (κ1) is 20.5. The molecule has 0 aliphatic heterocycles. The number of benzene rings is 3. The number of nitrogens with one attached hydrogen (secondary N) is 1. The molecule has 1 amide bonds. The van der Waals surface area contributed by atoms with Gasteiger partial charge in [0.25, 0.3) is 5.91 Å². The molecule has 1 N–H and O–H groups in total. The molecule has 3 aromatic rings. The van der Waals surface area contributed by atoms with Gasteiger partial charge < -0.3 is 10.1 Å². The average molecular weight is 395 g/mol. The van der Waals surface area contributed by atoms with E-state index >= 15 is 0 Å². The van der Waals surface area contributed by atoms with Crippen LogP contribution in [0.3, 0.4) is 0 Å². The van der Waals surface area contributed by atoms with Crippen LogP contribution in [0, 0.1) is 11.6 Å². The summed E-state index contributed by atoms with van der Waals surface area (Å²) in [5, 5.41) is 2.44. The number of carbonyl (C=O) groups excluding carboxylic acids is 1. The summed E-state index contributed by atoms with van der Waals surface area (Å²) in [6.07, 6.45) is 0. The van der Waals surface area contributed by atoms with Crippen LogP contribution in [0.15, 0.2) is 66.7 Å². The van der Waals surface area contributed by atoms with Gasteiger partial charge in [0.2, 0.25) is 0 Å². The van der Waals surface area contributed by atoms with Crippen molar-refractivity contribution in [3.05, 3.63) is 95.1 Å². The summed E-state index contributed by atoms with van der Waals surface area (Å²) in [6.45, 7) is 6.84. The lowest BCUT2D eigenvalue weighted by atomic mass is 9.87. The third-order valence-electron chi connectivity index (χ3n) is 4.52. The lowest BCUT2D eigenvalue weighted by molar-refractivity contribution is 0.102. The number of hydrogen-bond donors (Lipinski definition) is 1. The summed E-state index contributed by atoms with van der Waals surface area (Å²) in [7, 11) is 0. The summed E-state index contributed by atoms with van der Waals surface area (Å²) in [5.74, 6) is -1.22. The van der Waals surface area contributed by atoms with Crippen LogP contribution in [0.1, 0.15) is 42.3 Å². The van der Waals surface area contributed by atoms with Crippen molar-refractivity contribution < 1.29 is 18.3 Å². The standard InChI is InChI=1S/C24H23F2NO2/c1-24(2,3)18-8-11-20(12-9-18)29-15-16-4-6-17(7-5-16)23(28)27-22-13-10-19(25)14-21(22)26/h4-14H,15H2,1-3H3,(H,27,28). The first-order chi connectivity index (χ1) is 13.7. The molecule has 0 aliphatic carbocycles. The van der Waals surface area contributed by atoms with Crippen molar-refractivity contribution >= 4 is 11.6 Å². The van der Waals surface area contributed by atoms with E-state index in [-0.39, 0.29) is 11.1 Å². The molecule has 0 atom stereocenters. The molecule has 3 nitrogen and oxygen atoms in total. The van der Waals surface area contributed by atoms with Gasteiger partial charge in [-0.05, 0) is 52.9 Å². The van der Waals surface area contributed by atoms with Crippen molar-refractivity contribution in [2.45, 2.75) is 32.8 Å². The van der Waals surface area contributed by atoms with Crippen LogP contribution in [0.5, 0.6) is 5.75 Å². The maximum Gasteiger partial charge on any atom is 0.255 e. The zero-order valence-corrected chi connectivity index (χ0v) is 16.6. The van der Waals surface area contributed by atoms with Gasteiger partial charge in [0.1, 0.15) is 24.0 Å². The average Bonchev–Trinajstić information content (AvgIpc) is 2.68. The molecule has 0 bridgehead atoms. The monoisotopic (exact) mass is 395 g/mol. The molecule has 0 spiro atoms. The number of halogens is 2. The van der Waals surface area contributed by atoms with Crippen LogP contribution in [-0.4, -0.2) is 5.91 Å². The highest BCUT2D eigenvalue weighted by Gasteiger charge is 2.13. The second-order valence-corrected chi connectivity index (χ2v) is 7.84. The topological polar surface area (TPSA) is 38.3 Å². The summed E-state index contributed by atoms with van der Waals surface area (Å²) >= 11 is 0. The highest BCUT2D eigenvalue weighted by Crippen LogP contribution is 2.24. The lowest BCUT2D eigenvalue weighted by Gasteiger charge is -2.19. The van der Waals surface area contributed by atoms with Gasteiger partial charge in [0.15, 0.2) is 0 Å². The third-order valence-corrected chi connectivity index (χ3v) is 4.52. The molecule has 0 aliphatic rings. The summed E-state index contributed by atoms with van der Waals surface area (Å²) in [4.78, 5) is 12.3. The second-order valence-electron chi connectivity index (χ2n) is 7.84. The number of carbonyl (C=O) groups is 1. The van der Waals surface area contributed by atoms with Crippen molar-refractivity contribution in [2.75, 3.05) is 5.32 Å². The third kappa shape index (κ3) is 5.41. The highest BCUT2D eigenvalue weighted by atomic mass is 19.1. The van der Waals surface area contributed by atoms with Crippen LogP contribution < -0.4 is 10.1 Å². The fourth-order valence-electron chi connectivity index (χ4n) is 2.76. The number of rotatable bonds is 5. The molecule has 0 saturated heterocycles. The van der Waals surface area contributed by atoms with Crippen molar-refractivity contribution in [3.63, 3.8) is 0 Å². The number of hydrogen-bond acceptors (Lipinski definition) is 2. The minimum Gasteiger partial charge on any atom is -0.489 e. The SMILES string of the molecule is CC(C)(C)c1ccc(OCc2ccc(C(=O)Nc3ccc(F)cc3F)cc2)cc1. The summed E-state index contributed by atoms with van der Waals surface area (Å²) in [5.41, 5.74) is 2.52. The van der Waals surface area contributed by atoms with Gasteiger partial charge in [-0.2, -0.15) is 0 Å². The Kier molecular flexibility index (Phi) is 5.97. The fourth-order valence-corrected chi connectivity index (χ4v) is 2.76. The van der Waals surface area contributed by atoms with Crippen LogP contribution in [-0.2, 0) is 12.0 Å². The lowest BCUT2D eigenvalue weighted by Crippen LogP contribution is -2.13. The van der Waals surface area contributed by atoms with E-state index in [1.807, 2.05) is 12.1 Å². The van der Waals surface area contributed by atoms with Gasteiger partial charge in [0, 0.05) is 11.6 Å². The molecular formula is C24H23F2NO2. The van der Waals surface area contributed by atoms with E-state index in [0.29, 0.717) is 12.2 Å². The molecule has 0 unspecified atom stereocenters. The van der Waals surface area contributed by atoms with Gasteiger partial charge in [-0.15, -0.1) is 0 Å². The molecule has 5 heteroatoms. The van der Waals surface area contributed by atoms with Crippen LogP contribution in [0.25, 0.3) is 0 Å². The Hall–Kier alpha value is -3.21. The Labute approximate surface area is 169 Å². The molecule has 0 radical (unpaired) electrons. The molecule has 150 valence electrons. The first-order valence-electron chi connectivity index (χ1n) is 9.31. The van der Waals surface area contributed by atoms with Gasteiger partial charge >= 0.3 is 0 Å². The molecule has 0 fully saturated rings. The van der Waals surface area contributed by atoms with Crippen molar-refractivity contribution in [2.24, 2.45) is 0 Å². The van der Waals surface area contributed by atoms with Crippen LogP contribution >= 0.6 is 0 Å². The smallest absolute Gasteiger partial charge is 0.255 e. The molecule has 3 rings (SSSR count). The van der Waals surface area contributed by atoms with Gasteiger partial charge in [0.05, 0.1) is 5.69 Å². The summed E-state index contributed by atoms with van der Waals surface area (Å²) < 4.78 is 32.4. The van der Waals surface area contributed by atoms with Crippen LogP contribution in [0.2, 0.25) is 0 Å². The maximum atomic E-state index is 13.7. The van der Waals surface area contributed by atoms with Gasteiger partial charge in [-0.25, -0.2) is 8.78 Å². The molecule has 0 aromatic heterocycles. The predicted octanol–water partition coefficient (Wildman–Crippen LogP) is 6.09. The van der Waals surface area contributed by atoms with Crippen molar-refractivity contribution in [3.8, 4) is 5.75 Å². The van der Waals surface area contributed by atoms with E-state index in [4.69, 9.17) is 4.74 Å². The van der Waals surface area contributed by atoms with E-state index in [2.05, 4.69) is 38.2 Å². The van der Waals surface area contributed by atoms with Crippen molar-refractivity contribution in [1.29, 1.82) is 0 Å². The Morgan fingerprint density at radius 3 is 2.17 bits per heavy atom. The first-order valence-corrected chi connectivity index (χ1v) is 9.31. The fraction of sp³-hybridized carbons (Fsp3) is 0.208. The molecule has 0 heterocycles. The molecular weight excluding hydrogens is 372 g/mol. The van der Waals surface area contributed by atoms with E-state index < -0.39 is 17.5 Å². The normalized spacial score (nSPS) is 11.2. The Balaban J connectivity index is 1.59. The number of anilines is 1.